The number of carbonyl (C=O) groups is 4. The van der Waals surface area contributed by atoms with E-state index in [-0.39, 0.29) is 31.2 Å². The third-order valence-corrected chi connectivity index (χ3v) is 14.9. The molecule has 3 amide bonds. The smallest absolute Gasteiger partial charge is 0.407 e. The van der Waals surface area contributed by atoms with Gasteiger partial charge < -0.3 is 53.9 Å². The second kappa shape index (κ2) is 15.4. The van der Waals surface area contributed by atoms with E-state index in [1.165, 1.54) is 0 Å². The molecule has 4 N–H and O–H groups in total. The Hall–Kier alpha value is -4.22. The molecule has 4 aliphatic rings. The zero-order chi connectivity index (χ0) is 37.2. The van der Waals surface area contributed by atoms with Gasteiger partial charge in [-0.2, -0.15) is 0 Å². The second-order valence-electron chi connectivity index (χ2n) is 15.0. The third-order valence-electron chi connectivity index (χ3n) is 10.4. The first kappa shape index (κ1) is 37.5. The highest BCUT2D eigenvalue weighted by atomic mass is 28.4. The number of hydrogen-bond donors (Lipinski definition) is 4. The molecule has 0 bridgehead atoms. The molecule has 0 spiro atoms. The van der Waals surface area contributed by atoms with Gasteiger partial charge in [0.25, 0.3) is 0 Å². The Bertz CT molecular complexity index is 1590. The van der Waals surface area contributed by atoms with Crippen molar-refractivity contribution in [3.8, 4) is 0 Å². The number of benzene rings is 2. The van der Waals surface area contributed by atoms with E-state index in [1.807, 2.05) is 94.5 Å². The Morgan fingerprint density at radius 3 is 2.15 bits per heavy atom. The summed E-state index contributed by atoms with van der Waals surface area (Å²) >= 11 is 0. The van der Waals surface area contributed by atoms with Gasteiger partial charge in [0.15, 0.2) is 26.8 Å². The Balaban J connectivity index is 1.31. The minimum absolute atomic E-state index is 0.0122. The highest BCUT2D eigenvalue weighted by Crippen LogP contribution is 2.43. The SMILES string of the molecule is CC(C)(C)[Si](C)(C)O[C@H]1[C@@H]2OC(=O)NC[C@H]2O[C@H](O[C@H]2[C@H](O)[C@H]3OC(=O)N[C@@H]3C[C@@H]2NC(=O)OCc2ccccc2)[C@@H]1C(=O)OCc1ccccc1. The minimum Gasteiger partial charge on any atom is -0.460 e. The predicted molar refractivity (Wildman–Crippen MR) is 185 cm³/mol. The Labute approximate surface area is 303 Å². The summed E-state index contributed by atoms with van der Waals surface area (Å²) in [4.78, 5) is 52.2. The first-order chi connectivity index (χ1) is 24.7. The molecule has 16 heteroatoms. The zero-order valence-corrected chi connectivity index (χ0v) is 30.8. The normalized spacial score (nSPS) is 31.4. The van der Waals surface area contributed by atoms with Crippen molar-refractivity contribution in [1.82, 2.24) is 16.0 Å². The molecule has 2 aromatic carbocycles. The van der Waals surface area contributed by atoms with Gasteiger partial charge in [-0.1, -0.05) is 81.4 Å². The molecular formula is C36H47N3O12Si. The predicted octanol–water partition coefficient (Wildman–Crippen LogP) is 3.49. The average Bonchev–Trinajstić information content (AvgIpc) is 3.48. The molecule has 0 radical (unpaired) electrons. The number of amides is 3. The van der Waals surface area contributed by atoms with Crippen LogP contribution in [0, 0.1) is 5.92 Å². The maximum Gasteiger partial charge on any atom is 0.407 e. The lowest BCUT2D eigenvalue weighted by Gasteiger charge is -2.51. The van der Waals surface area contributed by atoms with Crippen molar-refractivity contribution in [3.05, 3.63) is 71.8 Å². The van der Waals surface area contributed by atoms with Gasteiger partial charge >= 0.3 is 24.2 Å². The molecule has 6 rings (SSSR count). The van der Waals surface area contributed by atoms with E-state index >= 15 is 0 Å². The van der Waals surface area contributed by atoms with Crippen molar-refractivity contribution in [2.24, 2.45) is 5.92 Å². The van der Waals surface area contributed by atoms with Crippen LogP contribution < -0.4 is 16.0 Å². The molecule has 3 saturated heterocycles. The third kappa shape index (κ3) is 8.36. The van der Waals surface area contributed by atoms with Crippen LogP contribution in [0.3, 0.4) is 0 Å². The Morgan fingerprint density at radius 2 is 1.52 bits per heavy atom. The minimum atomic E-state index is -2.68. The molecule has 4 fully saturated rings. The van der Waals surface area contributed by atoms with E-state index in [4.69, 9.17) is 32.8 Å². The number of esters is 1. The van der Waals surface area contributed by atoms with E-state index in [9.17, 15) is 24.3 Å². The maximum absolute atomic E-state index is 14.3. The molecule has 1 saturated carbocycles. The summed E-state index contributed by atoms with van der Waals surface area (Å²) in [7, 11) is -2.68. The number of fused-ring (bicyclic) bond motifs is 2. The fourth-order valence-electron chi connectivity index (χ4n) is 6.60. The van der Waals surface area contributed by atoms with Crippen molar-refractivity contribution in [1.29, 1.82) is 0 Å². The first-order valence-corrected chi connectivity index (χ1v) is 20.4. The van der Waals surface area contributed by atoms with Gasteiger partial charge in [0.1, 0.15) is 43.5 Å². The zero-order valence-electron chi connectivity index (χ0n) is 29.8. The van der Waals surface area contributed by atoms with Crippen LogP contribution in [-0.4, -0.2) is 99.2 Å². The Kier molecular flexibility index (Phi) is 11.1. The van der Waals surface area contributed by atoms with Gasteiger partial charge in [0, 0.05) is 0 Å². The monoisotopic (exact) mass is 741 g/mol. The van der Waals surface area contributed by atoms with Crippen LogP contribution in [0.5, 0.6) is 0 Å². The number of carbonyl (C=O) groups excluding carboxylic acids is 4. The molecule has 3 aliphatic heterocycles. The summed E-state index contributed by atoms with van der Waals surface area (Å²) in [5.41, 5.74) is 1.50. The topological polar surface area (TPSA) is 189 Å². The van der Waals surface area contributed by atoms with E-state index in [0.29, 0.717) is 0 Å². The summed E-state index contributed by atoms with van der Waals surface area (Å²) in [5.74, 6) is -2.06. The molecule has 52 heavy (non-hydrogen) atoms. The molecule has 282 valence electrons. The summed E-state index contributed by atoms with van der Waals surface area (Å²) in [5, 5.41) is 19.4. The van der Waals surface area contributed by atoms with Gasteiger partial charge in [-0.15, -0.1) is 0 Å². The molecule has 0 aromatic heterocycles. The van der Waals surface area contributed by atoms with Crippen molar-refractivity contribution >= 4 is 32.6 Å². The lowest BCUT2D eigenvalue weighted by Crippen LogP contribution is -2.69. The summed E-state index contributed by atoms with van der Waals surface area (Å²) in [6.07, 6.45) is -10.2. The maximum atomic E-state index is 14.3. The lowest BCUT2D eigenvalue weighted by molar-refractivity contribution is -0.304. The summed E-state index contributed by atoms with van der Waals surface area (Å²) < 4.78 is 42.3. The number of alkyl carbamates (subject to hydrolysis) is 3. The molecule has 15 nitrogen and oxygen atoms in total. The van der Waals surface area contributed by atoms with Crippen LogP contribution in [0.4, 0.5) is 14.4 Å². The number of aliphatic hydroxyl groups excluding tert-OH is 1. The van der Waals surface area contributed by atoms with Gasteiger partial charge in [-0.3, -0.25) is 4.79 Å². The van der Waals surface area contributed by atoms with Crippen LogP contribution in [0.2, 0.25) is 18.1 Å². The van der Waals surface area contributed by atoms with E-state index in [0.717, 1.165) is 11.1 Å². The molecule has 2 aromatic rings. The molecule has 3 heterocycles. The molecular weight excluding hydrogens is 694 g/mol. The first-order valence-electron chi connectivity index (χ1n) is 17.5. The lowest BCUT2D eigenvalue weighted by atomic mass is 9.83. The number of hydrogen-bond acceptors (Lipinski definition) is 12. The van der Waals surface area contributed by atoms with Crippen molar-refractivity contribution in [2.45, 2.75) is 114 Å². The molecule has 1 aliphatic carbocycles. The average molecular weight is 742 g/mol. The van der Waals surface area contributed by atoms with Gasteiger partial charge in [-0.25, -0.2) is 14.4 Å². The fourth-order valence-corrected chi connectivity index (χ4v) is 7.91. The van der Waals surface area contributed by atoms with Gasteiger partial charge in [0.05, 0.1) is 18.6 Å². The quantitative estimate of drug-likeness (QED) is 0.158. The van der Waals surface area contributed by atoms with Crippen molar-refractivity contribution in [2.75, 3.05) is 6.54 Å². The van der Waals surface area contributed by atoms with E-state index in [1.54, 1.807) is 0 Å². The molecule has 0 unspecified atom stereocenters. The second-order valence-corrected chi connectivity index (χ2v) is 19.8. The van der Waals surface area contributed by atoms with E-state index in [2.05, 4.69) is 16.0 Å². The van der Waals surface area contributed by atoms with Crippen molar-refractivity contribution < 1.29 is 57.1 Å². The van der Waals surface area contributed by atoms with Gasteiger partial charge in [0.2, 0.25) is 0 Å². The van der Waals surface area contributed by atoms with Crippen LogP contribution in [-0.2, 0) is 50.9 Å². The Morgan fingerprint density at radius 1 is 0.904 bits per heavy atom. The van der Waals surface area contributed by atoms with Crippen LogP contribution >= 0.6 is 0 Å². The van der Waals surface area contributed by atoms with Gasteiger partial charge in [-0.05, 0) is 35.7 Å². The van der Waals surface area contributed by atoms with Crippen LogP contribution in [0.25, 0.3) is 0 Å². The largest absolute Gasteiger partial charge is 0.460 e. The van der Waals surface area contributed by atoms with Crippen molar-refractivity contribution in [3.63, 3.8) is 0 Å². The number of ether oxygens (including phenoxy) is 6. The van der Waals surface area contributed by atoms with E-state index < -0.39 is 93.5 Å². The highest BCUT2D eigenvalue weighted by Gasteiger charge is 2.59. The standard InChI is InChI=1S/C36H47N3O12Si/c1-36(2,3)52(4,5)51-30-25(31(41)45-18-20-12-8-6-9-13-20)32(47-24-17-37-33(42)50-29(24)30)48-27-22(16-23-28(26(27)40)49-35(44)39-23)38-34(43)46-19-21-14-10-7-11-15-21/h6-15,22-30,32,40H,16-19H2,1-5H3,(H,37,42)(H,38,43)(H,39,44)/t22-,23+,24+,25-,26-,27+,28-,29+,30+,32+/m0/s1. The summed E-state index contributed by atoms with van der Waals surface area (Å²) in [6, 6.07) is 16.6. The fraction of sp³-hybridized carbons (Fsp3) is 0.556. The molecule has 10 atom stereocenters. The number of nitrogens with one attached hydrogen (secondary N) is 3. The van der Waals surface area contributed by atoms with Crippen LogP contribution in [0.1, 0.15) is 38.3 Å². The van der Waals surface area contributed by atoms with Crippen LogP contribution in [0.15, 0.2) is 60.7 Å². The number of rotatable bonds is 10. The number of aliphatic hydroxyl groups is 1. The highest BCUT2D eigenvalue weighted by molar-refractivity contribution is 6.74. The summed E-state index contributed by atoms with van der Waals surface area (Å²) in [6.45, 7) is 10.1.